The molecule has 16 heavy (non-hydrogen) atoms. The van der Waals surface area contributed by atoms with Crippen molar-refractivity contribution in [2.75, 3.05) is 31.4 Å². The minimum Gasteiger partial charge on any atom is -0.489 e. The number of benzene rings is 1. The number of rotatable bonds is 2. The van der Waals surface area contributed by atoms with Crippen LogP contribution >= 0.6 is 11.8 Å². The van der Waals surface area contributed by atoms with E-state index in [0.717, 1.165) is 17.1 Å². The lowest BCUT2D eigenvalue weighted by atomic mass is 10.1. The fraction of sp³-hybridized carbons (Fsp3) is 0.364. The number of fused-ring (bicyclic) bond motifs is 1. The summed E-state index contributed by atoms with van der Waals surface area (Å²) in [6, 6.07) is 3.62. The van der Waals surface area contributed by atoms with E-state index in [-0.39, 0.29) is 5.56 Å². The molecule has 0 aliphatic carbocycles. The minimum atomic E-state index is -0.942. The van der Waals surface area contributed by atoms with Crippen molar-refractivity contribution in [1.82, 2.24) is 0 Å². The number of carbonyl (C=O) groups is 1. The van der Waals surface area contributed by atoms with Gasteiger partial charge in [-0.1, -0.05) is 0 Å². The van der Waals surface area contributed by atoms with Crippen LogP contribution in [0.25, 0.3) is 0 Å². The summed E-state index contributed by atoms with van der Waals surface area (Å²) in [7, 11) is 1.94. The predicted octanol–water partition coefficient (Wildman–Crippen LogP) is 1.94. The second-order valence-electron chi connectivity index (χ2n) is 3.60. The van der Waals surface area contributed by atoms with Gasteiger partial charge < -0.3 is 14.7 Å². The maximum atomic E-state index is 11.1. The van der Waals surface area contributed by atoms with Gasteiger partial charge in [0.2, 0.25) is 0 Å². The molecular weight excluding hydrogens is 226 g/mol. The molecule has 0 amide bonds. The van der Waals surface area contributed by atoms with Crippen LogP contribution in [0.2, 0.25) is 0 Å². The Morgan fingerprint density at radius 2 is 2.31 bits per heavy atom. The summed E-state index contributed by atoms with van der Waals surface area (Å²) in [6.45, 7) is 1.31. The zero-order valence-corrected chi connectivity index (χ0v) is 10.0. The molecule has 1 aromatic rings. The number of hydrogen-bond acceptors (Lipinski definition) is 4. The van der Waals surface area contributed by atoms with Crippen LogP contribution in [0.5, 0.6) is 5.75 Å². The average molecular weight is 239 g/mol. The SMILES string of the molecule is CSc1cc(C(=O)O)c2c(c1)N(C)CCO2. The highest BCUT2D eigenvalue weighted by atomic mass is 32.2. The molecule has 86 valence electrons. The zero-order valence-electron chi connectivity index (χ0n) is 9.19. The Balaban J connectivity index is 2.60. The molecule has 1 heterocycles. The number of anilines is 1. The molecule has 1 aliphatic heterocycles. The predicted molar refractivity (Wildman–Crippen MR) is 63.9 cm³/mol. The zero-order chi connectivity index (χ0) is 11.7. The van der Waals surface area contributed by atoms with Crippen molar-refractivity contribution in [2.24, 2.45) is 0 Å². The number of nitrogens with zero attached hydrogens (tertiary/aromatic N) is 1. The third kappa shape index (κ3) is 1.82. The Labute approximate surface area is 98.2 Å². The van der Waals surface area contributed by atoms with Gasteiger partial charge in [-0.2, -0.15) is 0 Å². The quantitative estimate of drug-likeness (QED) is 0.799. The monoisotopic (exact) mass is 239 g/mol. The molecule has 0 unspecified atom stereocenters. The van der Waals surface area contributed by atoms with Gasteiger partial charge in [0, 0.05) is 11.9 Å². The molecule has 0 saturated heterocycles. The van der Waals surface area contributed by atoms with Crippen LogP contribution < -0.4 is 9.64 Å². The van der Waals surface area contributed by atoms with E-state index in [1.54, 1.807) is 6.07 Å². The molecule has 0 atom stereocenters. The van der Waals surface area contributed by atoms with Gasteiger partial charge >= 0.3 is 5.97 Å². The first-order chi connectivity index (χ1) is 7.63. The molecule has 1 aromatic carbocycles. The van der Waals surface area contributed by atoms with Gasteiger partial charge in [-0.05, 0) is 18.4 Å². The lowest BCUT2D eigenvalue weighted by molar-refractivity contribution is 0.0691. The second kappa shape index (κ2) is 4.25. The van der Waals surface area contributed by atoms with Crippen molar-refractivity contribution in [3.63, 3.8) is 0 Å². The summed E-state index contributed by atoms with van der Waals surface area (Å²) in [5, 5.41) is 9.14. The molecule has 2 rings (SSSR count). The molecule has 0 saturated carbocycles. The Morgan fingerprint density at radius 3 is 2.94 bits per heavy atom. The molecule has 4 nitrogen and oxygen atoms in total. The Hall–Kier alpha value is -1.36. The van der Waals surface area contributed by atoms with E-state index in [9.17, 15) is 4.79 Å². The lowest BCUT2D eigenvalue weighted by Gasteiger charge is -2.29. The third-order valence-corrected chi connectivity index (χ3v) is 3.30. The number of ether oxygens (including phenoxy) is 1. The third-order valence-electron chi connectivity index (χ3n) is 2.59. The van der Waals surface area contributed by atoms with E-state index in [0.29, 0.717) is 12.4 Å². The van der Waals surface area contributed by atoms with Crippen LogP contribution in [-0.2, 0) is 0 Å². The Morgan fingerprint density at radius 1 is 1.56 bits per heavy atom. The molecule has 0 aromatic heterocycles. The topological polar surface area (TPSA) is 49.8 Å². The van der Waals surface area contributed by atoms with Gasteiger partial charge in [0.1, 0.15) is 12.2 Å². The molecule has 0 fully saturated rings. The fourth-order valence-corrected chi connectivity index (χ4v) is 2.17. The number of likely N-dealkylation sites (N-methyl/N-ethyl adjacent to an activating group) is 1. The number of thioether (sulfide) groups is 1. The normalized spacial score (nSPS) is 14.2. The number of carboxylic acids is 1. The number of carboxylic acid groups (broad SMARTS) is 1. The van der Waals surface area contributed by atoms with E-state index in [2.05, 4.69) is 0 Å². The first kappa shape index (κ1) is 11.1. The molecule has 0 bridgehead atoms. The molecular formula is C11H13NO3S. The van der Waals surface area contributed by atoms with Crippen molar-refractivity contribution in [3.8, 4) is 5.75 Å². The maximum Gasteiger partial charge on any atom is 0.339 e. The fourth-order valence-electron chi connectivity index (χ4n) is 1.70. The van der Waals surface area contributed by atoms with Crippen molar-refractivity contribution in [3.05, 3.63) is 17.7 Å². The Kier molecular flexibility index (Phi) is 2.96. The number of aromatic carboxylic acids is 1. The van der Waals surface area contributed by atoms with Crippen molar-refractivity contribution < 1.29 is 14.6 Å². The average Bonchev–Trinajstić information content (AvgIpc) is 2.28. The van der Waals surface area contributed by atoms with E-state index in [1.807, 2.05) is 24.3 Å². The van der Waals surface area contributed by atoms with Crippen molar-refractivity contribution >= 4 is 23.4 Å². The highest BCUT2D eigenvalue weighted by molar-refractivity contribution is 7.98. The van der Waals surface area contributed by atoms with E-state index in [1.165, 1.54) is 11.8 Å². The van der Waals surface area contributed by atoms with Crippen LogP contribution in [0.3, 0.4) is 0 Å². The summed E-state index contributed by atoms with van der Waals surface area (Å²) in [5.74, 6) is -0.457. The Bertz CT molecular complexity index is 433. The smallest absolute Gasteiger partial charge is 0.339 e. The van der Waals surface area contributed by atoms with Gasteiger partial charge in [-0.25, -0.2) is 4.79 Å². The second-order valence-corrected chi connectivity index (χ2v) is 4.48. The standard InChI is InChI=1S/C11H13NO3S/c1-12-3-4-15-10-8(11(13)14)5-7(16-2)6-9(10)12/h5-6H,3-4H2,1-2H3,(H,13,14). The molecule has 1 N–H and O–H groups in total. The molecule has 5 heteroatoms. The summed E-state index contributed by atoms with van der Waals surface area (Å²) in [4.78, 5) is 14.1. The van der Waals surface area contributed by atoms with Crippen LogP contribution in [0.1, 0.15) is 10.4 Å². The maximum absolute atomic E-state index is 11.1. The molecule has 0 spiro atoms. The number of hydrogen-bond donors (Lipinski definition) is 1. The van der Waals surface area contributed by atoms with E-state index in [4.69, 9.17) is 9.84 Å². The van der Waals surface area contributed by atoms with Crippen LogP contribution in [0.15, 0.2) is 17.0 Å². The molecule has 1 aliphatic rings. The van der Waals surface area contributed by atoms with E-state index < -0.39 is 5.97 Å². The summed E-state index contributed by atoms with van der Waals surface area (Å²) in [5.41, 5.74) is 1.10. The van der Waals surface area contributed by atoms with Gasteiger partial charge in [0.25, 0.3) is 0 Å². The van der Waals surface area contributed by atoms with Crippen LogP contribution in [-0.4, -0.2) is 37.5 Å². The molecule has 0 radical (unpaired) electrons. The van der Waals surface area contributed by atoms with Crippen LogP contribution in [0.4, 0.5) is 5.69 Å². The van der Waals surface area contributed by atoms with Crippen molar-refractivity contribution in [1.29, 1.82) is 0 Å². The highest BCUT2D eigenvalue weighted by Gasteiger charge is 2.23. The summed E-state index contributed by atoms with van der Waals surface area (Å²) < 4.78 is 5.45. The summed E-state index contributed by atoms with van der Waals surface area (Å²) in [6.07, 6.45) is 1.93. The first-order valence-corrected chi connectivity index (χ1v) is 6.15. The van der Waals surface area contributed by atoms with Gasteiger partial charge in [-0.15, -0.1) is 11.8 Å². The minimum absolute atomic E-state index is 0.244. The van der Waals surface area contributed by atoms with Gasteiger partial charge in [0.05, 0.1) is 12.2 Å². The first-order valence-electron chi connectivity index (χ1n) is 4.92. The van der Waals surface area contributed by atoms with Gasteiger partial charge in [0.15, 0.2) is 5.75 Å². The van der Waals surface area contributed by atoms with Gasteiger partial charge in [-0.3, -0.25) is 0 Å². The lowest BCUT2D eigenvalue weighted by Crippen LogP contribution is -2.29. The largest absolute Gasteiger partial charge is 0.489 e. The summed E-state index contributed by atoms with van der Waals surface area (Å²) >= 11 is 1.53. The van der Waals surface area contributed by atoms with Crippen molar-refractivity contribution in [2.45, 2.75) is 4.90 Å². The van der Waals surface area contributed by atoms with E-state index >= 15 is 0 Å². The highest BCUT2D eigenvalue weighted by Crippen LogP contribution is 2.37. The van der Waals surface area contributed by atoms with Crippen LogP contribution in [0, 0.1) is 0 Å².